The van der Waals surface area contributed by atoms with Gasteiger partial charge in [-0.3, -0.25) is 0 Å². The third-order valence-electron chi connectivity index (χ3n) is 3.44. The van der Waals surface area contributed by atoms with E-state index in [2.05, 4.69) is 42.4 Å². The number of nitrogens with two attached hydrogens (primary N) is 1. The Labute approximate surface area is 111 Å². The van der Waals surface area contributed by atoms with Crippen molar-refractivity contribution < 1.29 is 0 Å². The second-order valence-corrected chi connectivity index (χ2v) is 5.61. The van der Waals surface area contributed by atoms with E-state index < -0.39 is 0 Å². The molecule has 1 rings (SSSR count). The third-order valence-corrected chi connectivity index (χ3v) is 3.44. The molecule has 1 heterocycles. The van der Waals surface area contributed by atoms with E-state index in [-0.39, 0.29) is 0 Å². The minimum atomic E-state index is 0.418. The molecule has 0 aromatic carbocycles. The first-order valence-electron chi connectivity index (χ1n) is 6.91. The van der Waals surface area contributed by atoms with E-state index in [1.807, 2.05) is 12.5 Å². The van der Waals surface area contributed by atoms with Gasteiger partial charge in [-0.25, -0.2) is 4.98 Å². The molecule has 4 nitrogen and oxygen atoms in total. The highest BCUT2D eigenvalue weighted by molar-refractivity contribution is 5.08. The predicted octanol–water partition coefficient (Wildman–Crippen LogP) is 1.92. The second-order valence-electron chi connectivity index (χ2n) is 5.61. The van der Waals surface area contributed by atoms with Gasteiger partial charge in [-0.15, -0.1) is 0 Å². The number of imidazole rings is 1. The fraction of sp³-hybridized carbons (Fsp3) is 0.786. The zero-order chi connectivity index (χ0) is 13.5. The largest absolute Gasteiger partial charge is 0.334 e. The third kappa shape index (κ3) is 4.42. The van der Waals surface area contributed by atoms with Crippen molar-refractivity contribution in [3.05, 3.63) is 18.2 Å². The van der Waals surface area contributed by atoms with Gasteiger partial charge in [0.2, 0.25) is 0 Å². The molecule has 0 aliphatic heterocycles. The summed E-state index contributed by atoms with van der Waals surface area (Å²) in [6.07, 6.45) is 6.33. The summed E-state index contributed by atoms with van der Waals surface area (Å²) in [6, 6.07) is 0. The molecule has 18 heavy (non-hydrogen) atoms. The maximum atomic E-state index is 5.88. The molecule has 0 fully saturated rings. The Morgan fingerprint density at radius 1 is 1.33 bits per heavy atom. The molecular weight excluding hydrogens is 224 g/mol. The quantitative estimate of drug-likeness (QED) is 0.719. The van der Waals surface area contributed by atoms with Crippen LogP contribution in [0.5, 0.6) is 0 Å². The van der Waals surface area contributed by atoms with Gasteiger partial charge in [0.15, 0.2) is 0 Å². The van der Waals surface area contributed by atoms with E-state index in [0.717, 1.165) is 13.1 Å². The molecule has 0 amide bonds. The van der Waals surface area contributed by atoms with E-state index >= 15 is 0 Å². The average molecular weight is 252 g/mol. The Morgan fingerprint density at radius 2 is 2.06 bits per heavy atom. The van der Waals surface area contributed by atoms with Crippen molar-refractivity contribution in [1.82, 2.24) is 14.5 Å². The van der Waals surface area contributed by atoms with Crippen LogP contribution in [-0.4, -0.2) is 41.6 Å². The molecule has 104 valence electrons. The van der Waals surface area contributed by atoms with Gasteiger partial charge in [-0.05, 0) is 39.4 Å². The van der Waals surface area contributed by atoms with Crippen molar-refractivity contribution in [2.24, 2.45) is 11.7 Å². The molecule has 0 radical (unpaired) electrons. The molecule has 1 aromatic heterocycles. The highest BCUT2D eigenvalue weighted by Crippen LogP contribution is 2.23. The number of unbranched alkanes of at least 4 members (excludes halogenated alkanes) is 1. The van der Waals surface area contributed by atoms with Gasteiger partial charge in [-0.2, -0.15) is 0 Å². The van der Waals surface area contributed by atoms with E-state index in [0.29, 0.717) is 18.4 Å². The van der Waals surface area contributed by atoms with Crippen LogP contribution in [0.2, 0.25) is 0 Å². The van der Waals surface area contributed by atoms with Gasteiger partial charge in [-0.1, -0.05) is 13.8 Å². The first kappa shape index (κ1) is 15.2. The van der Waals surface area contributed by atoms with Crippen molar-refractivity contribution in [1.29, 1.82) is 0 Å². The van der Waals surface area contributed by atoms with Gasteiger partial charge in [0.1, 0.15) is 0 Å². The van der Waals surface area contributed by atoms with Crippen molar-refractivity contribution in [3.63, 3.8) is 0 Å². The molecular formula is C14H28N4. The average Bonchev–Trinajstić information content (AvgIpc) is 2.73. The lowest BCUT2D eigenvalue weighted by atomic mass is 9.93. The van der Waals surface area contributed by atoms with Crippen LogP contribution in [0.25, 0.3) is 0 Å². The molecule has 0 spiro atoms. The molecule has 0 aliphatic carbocycles. The Kier molecular flexibility index (Phi) is 6.36. The normalized spacial score (nSPS) is 13.5. The Morgan fingerprint density at radius 3 is 2.61 bits per heavy atom. The van der Waals surface area contributed by atoms with Crippen molar-refractivity contribution >= 4 is 0 Å². The molecule has 1 unspecified atom stereocenters. The molecule has 0 bridgehead atoms. The lowest BCUT2D eigenvalue weighted by Gasteiger charge is -2.20. The van der Waals surface area contributed by atoms with Crippen LogP contribution in [0.3, 0.4) is 0 Å². The first-order chi connectivity index (χ1) is 8.56. The minimum absolute atomic E-state index is 0.418. The lowest BCUT2D eigenvalue weighted by molar-refractivity contribution is 0.384. The van der Waals surface area contributed by atoms with Gasteiger partial charge in [0.05, 0.1) is 6.33 Å². The highest BCUT2D eigenvalue weighted by atomic mass is 15.1. The number of nitrogens with zero attached hydrogens (tertiary/aromatic N) is 3. The first-order valence-corrected chi connectivity index (χ1v) is 6.91. The van der Waals surface area contributed by atoms with Crippen molar-refractivity contribution in [3.8, 4) is 0 Å². The summed E-state index contributed by atoms with van der Waals surface area (Å²) < 4.78 is 2.27. The Bertz CT molecular complexity index is 330. The van der Waals surface area contributed by atoms with Crippen LogP contribution in [0.15, 0.2) is 12.5 Å². The zero-order valence-electron chi connectivity index (χ0n) is 12.3. The van der Waals surface area contributed by atoms with Crippen LogP contribution in [0.4, 0.5) is 0 Å². The van der Waals surface area contributed by atoms with Gasteiger partial charge in [0.25, 0.3) is 0 Å². The van der Waals surface area contributed by atoms with Crippen LogP contribution >= 0.6 is 0 Å². The minimum Gasteiger partial charge on any atom is -0.334 e. The summed E-state index contributed by atoms with van der Waals surface area (Å²) in [5.41, 5.74) is 7.17. The molecule has 4 heteroatoms. The second kappa shape index (κ2) is 7.54. The smallest absolute Gasteiger partial charge is 0.0948 e. The number of aromatic nitrogens is 2. The maximum absolute atomic E-state index is 5.88. The fourth-order valence-corrected chi connectivity index (χ4v) is 2.27. The van der Waals surface area contributed by atoms with E-state index in [4.69, 9.17) is 5.73 Å². The van der Waals surface area contributed by atoms with Gasteiger partial charge < -0.3 is 15.2 Å². The summed E-state index contributed by atoms with van der Waals surface area (Å²) in [6.45, 7) is 7.34. The molecule has 2 N–H and O–H groups in total. The molecule has 0 saturated carbocycles. The van der Waals surface area contributed by atoms with E-state index in [1.165, 1.54) is 18.5 Å². The number of rotatable bonds is 8. The topological polar surface area (TPSA) is 47.1 Å². The van der Waals surface area contributed by atoms with Crippen LogP contribution in [0, 0.1) is 5.92 Å². The monoisotopic (exact) mass is 252 g/mol. The summed E-state index contributed by atoms with van der Waals surface area (Å²) in [4.78, 5) is 6.51. The van der Waals surface area contributed by atoms with Crippen LogP contribution in [-0.2, 0) is 6.54 Å². The zero-order valence-corrected chi connectivity index (χ0v) is 12.3. The molecule has 0 aliphatic rings. The maximum Gasteiger partial charge on any atom is 0.0948 e. The molecule has 1 aromatic rings. The van der Waals surface area contributed by atoms with Crippen molar-refractivity contribution in [2.45, 2.75) is 39.2 Å². The summed E-state index contributed by atoms with van der Waals surface area (Å²) >= 11 is 0. The van der Waals surface area contributed by atoms with Crippen LogP contribution < -0.4 is 5.73 Å². The van der Waals surface area contributed by atoms with Crippen LogP contribution in [0.1, 0.15) is 38.3 Å². The number of hydrogen-bond acceptors (Lipinski definition) is 3. The predicted molar refractivity (Wildman–Crippen MR) is 76.6 cm³/mol. The molecule has 1 atom stereocenters. The SMILES string of the molecule is CC(C)C(CN)c1cncn1CCCCN(C)C. The van der Waals surface area contributed by atoms with E-state index in [9.17, 15) is 0 Å². The Balaban J connectivity index is 2.54. The van der Waals surface area contributed by atoms with Gasteiger partial charge in [0, 0.05) is 30.9 Å². The Hall–Kier alpha value is -0.870. The lowest BCUT2D eigenvalue weighted by Crippen LogP contribution is -2.21. The highest BCUT2D eigenvalue weighted by Gasteiger charge is 2.17. The van der Waals surface area contributed by atoms with Crippen molar-refractivity contribution in [2.75, 3.05) is 27.2 Å². The number of aryl methyl sites for hydroxylation is 1. The molecule has 0 saturated heterocycles. The summed E-state index contributed by atoms with van der Waals surface area (Å²) in [7, 11) is 4.23. The fourth-order valence-electron chi connectivity index (χ4n) is 2.27. The number of hydrogen-bond donors (Lipinski definition) is 1. The standard InChI is InChI=1S/C14H28N4/c1-12(2)13(9-15)14-10-16-11-18(14)8-6-5-7-17(3)4/h10-13H,5-9,15H2,1-4H3. The summed E-state index contributed by atoms with van der Waals surface area (Å²) in [5, 5.41) is 0. The summed E-state index contributed by atoms with van der Waals surface area (Å²) in [5.74, 6) is 0.980. The van der Waals surface area contributed by atoms with E-state index in [1.54, 1.807) is 0 Å². The van der Waals surface area contributed by atoms with Gasteiger partial charge >= 0.3 is 0 Å².